The fourth-order valence-corrected chi connectivity index (χ4v) is 2.44. The highest BCUT2D eigenvalue weighted by atomic mass is 16.2. The molecule has 0 radical (unpaired) electrons. The lowest BCUT2D eigenvalue weighted by Crippen LogP contribution is -2.31. The number of anilines is 3. The van der Waals surface area contributed by atoms with Crippen LogP contribution in [0, 0.1) is 6.92 Å². The summed E-state index contributed by atoms with van der Waals surface area (Å²) in [6.07, 6.45) is 0. The minimum absolute atomic E-state index is 0.120. The fourth-order valence-electron chi connectivity index (χ4n) is 2.44. The van der Waals surface area contributed by atoms with Gasteiger partial charge in [-0.3, -0.25) is 9.59 Å². The van der Waals surface area contributed by atoms with E-state index in [-0.39, 0.29) is 11.8 Å². The standard InChI is InChI=1S/C18H23N5O2/c1-5-23(6-2)18(25)16-11-17(20-12(3)19-16)22-15-9-7-8-14(10-15)21-13(4)24/h7-11H,5-6H2,1-4H3,(H,21,24)(H,19,20,22). The van der Waals surface area contributed by atoms with Crippen molar-refractivity contribution in [3.05, 3.63) is 41.9 Å². The molecule has 132 valence electrons. The van der Waals surface area contributed by atoms with Gasteiger partial charge in [-0.1, -0.05) is 6.07 Å². The first-order valence-corrected chi connectivity index (χ1v) is 8.22. The Morgan fingerprint density at radius 2 is 1.76 bits per heavy atom. The minimum Gasteiger partial charge on any atom is -0.340 e. The van der Waals surface area contributed by atoms with E-state index in [0.29, 0.717) is 36.1 Å². The normalized spacial score (nSPS) is 10.2. The van der Waals surface area contributed by atoms with Crippen LogP contribution in [0.3, 0.4) is 0 Å². The van der Waals surface area contributed by atoms with Crippen LogP contribution in [0.1, 0.15) is 37.1 Å². The number of nitrogens with one attached hydrogen (secondary N) is 2. The zero-order chi connectivity index (χ0) is 18.4. The van der Waals surface area contributed by atoms with Gasteiger partial charge >= 0.3 is 0 Å². The number of hydrogen-bond donors (Lipinski definition) is 2. The van der Waals surface area contributed by atoms with Crippen LogP contribution in [0.2, 0.25) is 0 Å². The zero-order valence-corrected chi connectivity index (χ0v) is 15.0. The molecule has 2 aromatic rings. The van der Waals surface area contributed by atoms with E-state index in [1.54, 1.807) is 30.0 Å². The van der Waals surface area contributed by atoms with E-state index >= 15 is 0 Å². The lowest BCUT2D eigenvalue weighted by atomic mass is 10.2. The van der Waals surface area contributed by atoms with Gasteiger partial charge in [-0.15, -0.1) is 0 Å². The molecule has 0 saturated heterocycles. The van der Waals surface area contributed by atoms with E-state index in [4.69, 9.17) is 0 Å². The van der Waals surface area contributed by atoms with Gasteiger partial charge in [0.25, 0.3) is 5.91 Å². The Morgan fingerprint density at radius 1 is 1.08 bits per heavy atom. The maximum Gasteiger partial charge on any atom is 0.272 e. The van der Waals surface area contributed by atoms with Crippen molar-refractivity contribution in [2.24, 2.45) is 0 Å². The van der Waals surface area contributed by atoms with Gasteiger partial charge in [0.2, 0.25) is 5.91 Å². The molecule has 0 aliphatic heterocycles. The number of aromatic nitrogens is 2. The maximum atomic E-state index is 12.5. The molecule has 0 unspecified atom stereocenters. The third-order valence-electron chi connectivity index (χ3n) is 3.56. The number of rotatable bonds is 6. The van der Waals surface area contributed by atoms with Gasteiger partial charge in [0.1, 0.15) is 17.3 Å². The highest BCUT2D eigenvalue weighted by Crippen LogP contribution is 2.20. The average Bonchev–Trinajstić information content (AvgIpc) is 2.55. The number of carbonyl (C=O) groups is 2. The van der Waals surface area contributed by atoms with Crippen molar-refractivity contribution in [2.75, 3.05) is 23.7 Å². The first-order valence-electron chi connectivity index (χ1n) is 8.22. The summed E-state index contributed by atoms with van der Waals surface area (Å²) < 4.78 is 0. The molecular weight excluding hydrogens is 318 g/mol. The molecule has 0 bridgehead atoms. The lowest BCUT2D eigenvalue weighted by Gasteiger charge is -2.18. The third-order valence-corrected chi connectivity index (χ3v) is 3.56. The quantitative estimate of drug-likeness (QED) is 0.843. The van der Waals surface area contributed by atoms with E-state index in [1.807, 2.05) is 26.0 Å². The predicted molar refractivity (Wildman–Crippen MR) is 98.0 cm³/mol. The Bertz CT molecular complexity index is 772. The Hall–Kier alpha value is -2.96. The minimum atomic E-state index is -0.137. The molecule has 7 nitrogen and oxygen atoms in total. The van der Waals surface area contributed by atoms with Crippen LogP contribution >= 0.6 is 0 Å². The second kappa shape index (κ2) is 8.23. The predicted octanol–water partition coefficient (Wildman–Crippen LogP) is 2.97. The molecule has 25 heavy (non-hydrogen) atoms. The van der Waals surface area contributed by atoms with E-state index in [0.717, 1.165) is 5.69 Å². The van der Waals surface area contributed by atoms with Crippen molar-refractivity contribution in [1.82, 2.24) is 14.9 Å². The number of hydrogen-bond acceptors (Lipinski definition) is 5. The molecular formula is C18H23N5O2. The summed E-state index contributed by atoms with van der Waals surface area (Å²) in [7, 11) is 0. The Morgan fingerprint density at radius 3 is 2.40 bits per heavy atom. The summed E-state index contributed by atoms with van der Waals surface area (Å²) in [4.78, 5) is 34.0. The summed E-state index contributed by atoms with van der Waals surface area (Å²) in [5, 5.41) is 5.89. The van der Waals surface area contributed by atoms with Crippen molar-refractivity contribution in [3.63, 3.8) is 0 Å². The molecule has 0 fully saturated rings. The summed E-state index contributed by atoms with van der Waals surface area (Å²) >= 11 is 0. The highest BCUT2D eigenvalue weighted by Gasteiger charge is 2.16. The van der Waals surface area contributed by atoms with Gasteiger partial charge in [0, 0.05) is 37.5 Å². The molecule has 0 atom stereocenters. The van der Waals surface area contributed by atoms with Crippen LogP contribution in [-0.4, -0.2) is 39.8 Å². The van der Waals surface area contributed by atoms with Crippen molar-refractivity contribution in [1.29, 1.82) is 0 Å². The third kappa shape index (κ3) is 5.00. The zero-order valence-electron chi connectivity index (χ0n) is 15.0. The van der Waals surface area contributed by atoms with Crippen molar-refractivity contribution >= 4 is 29.0 Å². The smallest absolute Gasteiger partial charge is 0.272 e. The molecule has 2 rings (SSSR count). The van der Waals surface area contributed by atoms with Gasteiger partial charge in [0.15, 0.2) is 0 Å². The SMILES string of the molecule is CCN(CC)C(=O)c1cc(Nc2cccc(NC(C)=O)c2)nc(C)n1. The Kier molecular flexibility index (Phi) is 6.05. The maximum absolute atomic E-state index is 12.5. The molecule has 1 heterocycles. The molecule has 1 aromatic heterocycles. The number of benzene rings is 1. The van der Waals surface area contributed by atoms with Gasteiger partial charge in [-0.2, -0.15) is 0 Å². The van der Waals surface area contributed by atoms with Crippen LogP contribution < -0.4 is 10.6 Å². The molecule has 0 spiro atoms. The molecule has 1 aromatic carbocycles. The van der Waals surface area contributed by atoms with E-state index in [9.17, 15) is 9.59 Å². The lowest BCUT2D eigenvalue weighted by molar-refractivity contribution is -0.114. The summed E-state index contributed by atoms with van der Waals surface area (Å²) in [6.45, 7) is 8.32. The van der Waals surface area contributed by atoms with E-state index in [1.165, 1.54) is 6.92 Å². The average molecular weight is 341 g/mol. The van der Waals surface area contributed by atoms with Crippen LogP contribution in [0.5, 0.6) is 0 Å². The van der Waals surface area contributed by atoms with Crippen LogP contribution in [0.25, 0.3) is 0 Å². The Labute approximate surface area is 147 Å². The van der Waals surface area contributed by atoms with Gasteiger partial charge in [-0.25, -0.2) is 9.97 Å². The van der Waals surface area contributed by atoms with E-state index in [2.05, 4.69) is 20.6 Å². The Balaban J connectivity index is 2.26. The summed E-state index contributed by atoms with van der Waals surface area (Å²) in [5.74, 6) is 0.786. The van der Waals surface area contributed by atoms with Crippen LogP contribution in [0.15, 0.2) is 30.3 Å². The van der Waals surface area contributed by atoms with Crippen molar-refractivity contribution in [2.45, 2.75) is 27.7 Å². The largest absolute Gasteiger partial charge is 0.340 e. The fraction of sp³-hybridized carbons (Fsp3) is 0.333. The number of carbonyl (C=O) groups excluding carboxylic acids is 2. The highest BCUT2D eigenvalue weighted by molar-refractivity contribution is 5.93. The summed E-state index contributed by atoms with van der Waals surface area (Å²) in [6, 6.07) is 8.91. The van der Waals surface area contributed by atoms with E-state index < -0.39 is 0 Å². The van der Waals surface area contributed by atoms with Crippen LogP contribution in [0.4, 0.5) is 17.2 Å². The van der Waals surface area contributed by atoms with Crippen molar-refractivity contribution in [3.8, 4) is 0 Å². The molecule has 2 N–H and O–H groups in total. The molecule has 0 aliphatic rings. The number of aryl methyl sites for hydroxylation is 1. The van der Waals surface area contributed by atoms with Crippen molar-refractivity contribution < 1.29 is 9.59 Å². The molecule has 0 saturated carbocycles. The second-order valence-electron chi connectivity index (χ2n) is 5.55. The summed E-state index contributed by atoms with van der Waals surface area (Å²) in [5.41, 5.74) is 1.80. The molecule has 0 aliphatic carbocycles. The monoisotopic (exact) mass is 341 g/mol. The number of nitrogens with zero attached hydrogens (tertiary/aromatic N) is 3. The number of amides is 2. The topological polar surface area (TPSA) is 87.2 Å². The van der Waals surface area contributed by atoms with Crippen LogP contribution in [-0.2, 0) is 4.79 Å². The van der Waals surface area contributed by atoms with Gasteiger partial charge in [0.05, 0.1) is 0 Å². The van der Waals surface area contributed by atoms with Gasteiger partial charge in [-0.05, 0) is 39.0 Å². The second-order valence-corrected chi connectivity index (χ2v) is 5.55. The molecule has 7 heteroatoms. The van der Waals surface area contributed by atoms with Gasteiger partial charge < -0.3 is 15.5 Å². The molecule has 2 amide bonds. The first-order chi connectivity index (χ1) is 11.9. The first kappa shape index (κ1) is 18.4.